The lowest BCUT2D eigenvalue weighted by Crippen LogP contribution is -2.48. The van der Waals surface area contributed by atoms with Gasteiger partial charge in [0.1, 0.15) is 0 Å². The first kappa shape index (κ1) is 16.3. The van der Waals surface area contributed by atoms with Crippen LogP contribution in [-0.2, 0) is 17.8 Å². The summed E-state index contributed by atoms with van der Waals surface area (Å²) in [5.74, 6) is 0.143. The number of piperazine rings is 1. The lowest BCUT2D eigenvalue weighted by molar-refractivity contribution is -0.116. The van der Waals surface area contributed by atoms with E-state index in [1.807, 2.05) is 23.1 Å². The number of thiophene rings is 1. The summed E-state index contributed by atoms with van der Waals surface area (Å²) >= 11 is 1.78. The molecule has 25 heavy (non-hydrogen) atoms. The summed E-state index contributed by atoms with van der Waals surface area (Å²) in [5, 5.41) is 4.97. The molecule has 6 heteroatoms. The maximum atomic E-state index is 12.8. The van der Waals surface area contributed by atoms with Crippen LogP contribution >= 0.6 is 11.3 Å². The molecule has 3 heterocycles. The van der Waals surface area contributed by atoms with Gasteiger partial charge in [0.15, 0.2) is 0 Å². The van der Waals surface area contributed by atoms with Crippen molar-refractivity contribution in [2.45, 2.75) is 19.4 Å². The summed E-state index contributed by atoms with van der Waals surface area (Å²) in [6.45, 7) is 4.31. The van der Waals surface area contributed by atoms with Crippen LogP contribution in [0.2, 0.25) is 0 Å². The minimum atomic E-state index is 0.0495. The molecule has 4 rings (SSSR count). The smallest absolute Gasteiger partial charge is 0.253 e. The van der Waals surface area contributed by atoms with Crippen molar-refractivity contribution < 1.29 is 9.59 Å². The second-order valence-electron chi connectivity index (χ2n) is 6.57. The molecular weight excluding hydrogens is 334 g/mol. The standard InChI is InChI=1S/C19H21N3O2S/c23-18-6-4-14-12-15(3-5-17(14)20-18)19(24)22-9-7-21(8-10-22)13-16-2-1-11-25-16/h1-3,5,11-12H,4,6-10,13H2,(H,20,23). The quantitative estimate of drug-likeness (QED) is 0.921. The Morgan fingerprint density at radius 1 is 1.12 bits per heavy atom. The number of nitrogens with one attached hydrogen (secondary N) is 1. The van der Waals surface area contributed by atoms with Crippen LogP contribution in [0.25, 0.3) is 0 Å². The summed E-state index contributed by atoms with van der Waals surface area (Å²) < 4.78 is 0. The van der Waals surface area contributed by atoms with Crippen molar-refractivity contribution in [1.29, 1.82) is 0 Å². The molecule has 0 bridgehead atoms. The molecule has 5 nitrogen and oxygen atoms in total. The molecule has 0 aliphatic carbocycles. The first-order valence-electron chi connectivity index (χ1n) is 8.66. The van der Waals surface area contributed by atoms with Gasteiger partial charge >= 0.3 is 0 Å². The predicted octanol–water partition coefficient (Wildman–Crippen LogP) is 2.59. The van der Waals surface area contributed by atoms with E-state index in [2.05, 4.69) is 27.7 Å². The molecule has 0 saturated carbocycles. The normalized spacial score (nSPS) is 17.9. The Morgan fingerprint density at radius 2 is 1.96 bits per heavy atom. The zero-order valence-corrected chi connectivity index (χ0v) is 14.8. The highest BCUT2D eigenvalue weighted by molar-refractivity contribution is 7.09. The second-order valence-corrected chi connectivity index (χ2v) is 7.60. The lowest BCUT2D eigenvalue weighted by Gasteiger charge is -2.34. The van der Waals surface area contributed by atoms with Gasteiger partial charge in [0.2, 0.25) is 5.91 Å². The average molecular weight is 355 g/mol. The number of nitrogens with zero attached hydrogens (tertiary/aromatic N) is 2. The summed E-state index contributed by atoms with van der Waals surface area (Å²) in [6.07, 6.45) is 1.20. The highest BCUT2D eigenvalue weighted by Gasteiger charge is 2.24. The summed E-state index contributed by atoms with van der Waals surface area (Å²) in [7, 11) is 0. The fourth-order valence-corrected chi connectivity index (χ4v) is 4.18. The number of rotatable bonds is 3. The van der Waals surface area contributed by atoms with Crippen molar-refractivity contribution >= 4 is 28.8 Å². The number of anilines is 1. The second kappa shape index (κ2) is 6.98. The third kappa shape index (κ3) is 3.60. The first-order chi connectivity index (χ1) is 12.2. The Labute approximate surface area is 151 Å². The van der Waals surface area contributed by atoms with E-state index in [0.717, 1.165) is 49.5 Å². The maximum Gasteiger partial charge on any atom is 0.253 e. The van der Waals surface area contributed by atoms with Gasteiger partial charge in [-0.3, -0.25) is 14.5 Å². The Morgan fingerprint density at radius 3 is 2.72 bits per heavy atom. The van der Waals surface area contributed by atoms with Gasteiger partial charge in [-0.1, -0.05) is 6.07 Å². The largest absolute Gasteiger partial charge is 0.336 e. The Hall–Kier alpha value is -2.18. The van der Waals surface area contributed by atoms with Crippen LogP contribution in [0.3, 0.4) is 0 Å². The third-order valence-electron chi connectivity index (χ3n) is 4.87. The minimum Gasteiger partial charge on any atom is -0.336 e. The molecule has 1 fully saturated rings. The van der Waals surface area contributed by atoms with Gasteiger partial charge in [-0.05, 0) is 41.6 Å². The third-order valence-corrected chi connectivity index (χ3v) is 5.73. The molecule has 0 spiro atoms. The molecule has 0 unspecified atom stereocenters. The molecule has 2 amide bonds. The average Bonchev–Trinajstić information content (AvgIpc) is 3.14. The fourth-order valence-electron chi connectivity index (χ4n) is 3.43. The van der Waals surface area contributed by atoms with Crippen molar-refractivity contribution in [2.24, 2.45) is 0 Å². The molecule has 2 aliphatic heterocycles. The van der Waals surface area contributed by atoms with Crippen LogP contribution in [0, 0.1) is 0 Å². The zero-order valence-electron chi connectivity index (χ0n) is 14.0. The highest BCUT2D eigenvalue weighted by atomic mass is 32.1. The van der Waals surface area contributed by atoms with E-state index >= 15 is 0 Å². The molecule has 2 aromatic rings. The SMILES string of the molecule is O=C1CCc2cc(C(=O)N3CCN(Cc4cccs4)CC3)ccc2N1. The number of amides is 2. The highest BCUT2D eigenvalue weighted by Crippen LogP contribution is 2.24. The number of carbonyl (C=O) groups excluding carboxylic acids is 2. The molecule has 0 atom stereocenters. The van der Waals surface area contributed by atoms with E-state index in [0.29, 0.717) is 12.8 Å². The molecule has 1 aromatic heterocycles. The fraction of sp³-hybridized carbons (Fsp3) is 0.368. The number of hydrogen-bond acceptors (Lipinski definition) is 4. The summed E-state index contributed by atoms with van der Waals surface area (Å²) in [5.41, 5.74) is 2.62. The van der Waals surface area contributed by atoms with E-state index in [1.54, 1.807) is 11.3 Å². The molecule has 1 saturated heterocycles. The Bertz CT molecular complexity index is 780. The topological polar surface area (TPSA) is 52.7 Å². The van der Waals surface area contributed by atoms with E-state index in [-0.39, 0.29) is 11.8 Å². The summed E-state index contributed by atoms with van der Waals surface area (Å²) in [4.78, 5) is 30.0. The molecule has 130 valence electrons. The Balaban J connectivity index is 1.38. The molecular formula is C19H21N3O2S. The van der Waals surface area contributed by atoms with Crippen LogP contribution in [0.1, 0.15) is 27.2 Å². The maximum absolute atomic E-state index is 12.8. The van der Waals surface area contributed by atoms with Gasteiger partial charge in [-0.25, -0.2) is 0 Å². The van der Waals surface area contributed by atoms with Crippen LogP contribution in [-0.4, -0.2) is 47.8 Å². The van der Waals surface area contributed by atoms with Crippen LogP contribution in [0.15, 0.2) is 35.7 Å². The van der Waals surface area contributed by atoms with E-state index in [4.69, 9.17) is 0 Å². The molecule has 1 N–H and O–H groups in total. The van der Waals surface area contributed by atoms with E-state index in [1.165, 1.54) is 4.88 Å². The van der Waals surface area contributed by atoms with Gasteiger partial charge in [0.25, 0.3) is 5.91 Å². The van der Waals surface area contributed by atoms with Crippen LogP contribution < -0.4 is 5.32 Å². The van der Waals surface area contributed by atoms with Crippen molar-refractivity contribution in [2.75, 3.05) is 31.5 Å². The number of benzene rings is 1. The van der Waals surface area contributed by atoms with Crippen LogP contribution in [0.5, 0.6) is 0 Å². The van der Waals surface area contributed by atoms with E-state index < -0.39 is 0 Å². The van der Waals surface area contributed by atoms with Gasteiger partial charge in [0.05, 0.1) is 0 Å². The van der Waals surface area contributed by atoms with Gasteiger partial charge in [0, 0.05) is 55.3 Å². The number of aryl methyl sites for hydroxylation is 1. The minimum absolute atomic E-state index is 0.0495. The molecule has 0 radical (unpaired) electrons. The van der Waals surface area contributed by atoms with Crippen molar-refractivity contribution in [3.05, 3.63) is 51.7 Å². The van der Waals surface area contributed by atoms with E-state index in [9.17, 15) is 9.59 Å². The van der Waals surface area contributed by atoms with Crippen molar-refractivity contribution in [3.63, 3.8) is 0 Å². The van der Waals surface area contributed by atoms with Gasteiger partial charge < -0.3 is 10.2 Å². The number of fused-ring (bicyclic) bond motifs is 1. The van der Waals surface area contributed by atoms with Crippen molar-refractivity contribution in [1.82, 2.24) is 9.80 Å². The molecule has 1 aromatic carbocycles. The molecule has 2 aliphatic rings. The lowest BCUT2D eigenvalue weighted by atomic mass is 10.00. The number of carbonyl (C=O) groups is 2. The number of hydrogen-bond donors (Lipinski definition) is 1. The first-order valence-corrected chi connectivity index (χ1v) is 9.54. The monoisotopic (exact) mass is 355 g/mol. The predicted molar refractivity (Wildman–Crippen MR) is 98.9 cm³/mol. The Kier molecular flexibility index (Phi) is 4.55. The van der Waals surface area contributed by atoms with Gasteiger partial charge in [-0.2, -0.15) is 0 Å². The van der Waals surface area contributed by atoms with Gasteiger partial charge in [-0.15, -0.1) is 11.3 Å². The van der Waals surface area contributed by atoms with Crippen LogP contribution in [0.4, 0.5) is 5.69 Å². The van der Waals surface area contributed by atoms with Crippen molar-refractivity contribution in [3.8, 4) is 0 Å². The summed E-state index contributed by atoms with van der Waals surface area (Å²) in [6, 6.07) is 9.86. The zero-order chi connectivity index (χ0) is 17.2.